The van der Waals surface area contributed by atoms with Gasteiger partial charge in [0.2, 0.25) is 0 Å². The summed E-state index contributed by atoms with van der Waals surface area (Å²) in [6, 6.07) is 10.2. The van der Waals surface area contributed by atoms with Crippen molar-refractivity contribution in [1.29, 1.82) is 0 Å². The lowest BCUT2D eigenvalue weighted by Crippen LogP contribution is -2.30. The number of fused-ring (bicyclic) bond motifs is 1. The number of amides is 1. The summed E-state index contributed by atoms with van der Waals surface area (Å²) in [5.74, 6) is -3.03. The van der Waals surface area contributed by atoms with Crippen molar-refractivity contribution in [2.24, 2.45) is 0 Å². The van der Waals surface area contributed by atoms with E-state index in [1.807, 2.05) is 29.7 Å². The fourth-order valence-electron chi connectivity index (χ4n) is 2.77. The van der Waals surface area contributed by atoms with Gasteiger partial charge in [0.15, 0.2) is 6.10 Å². The molecule has 3 rings (SSSR count). The topological polar surface area (TPSA) is 60.3 Å². The molecule has 1 unspecified atom stereocenters. The molecule has 0 bridgehead atoms. The first-order valence-electron chi connectivity index (χ1n) is 8.45. The summed E-state index contributed by atoms with van der Waals surface area (Å²) in [4.78, 5) is 24.7. The Balaban J connectivity index is 1.75. The maximum absolute atomic E-state index is 13.7. The Bertz CT molecular complexity index is 1010. The Labute approximate surface area is 154 Å². The van der Waals surface area contributed by atoms with Gasteiger partial charge in [-0.15, -0.1) is 0 Å². The molecule has 7 heteroatoms. The summed E-state index contributed by atoms with van der Waals surface area (Å²) >= 11 is 0. The standard InChI is InChI=1S/C20H18F2N2O3/c1-3-24-11-15(14-6-4-5-7-18(14)24)20(26)27-12(2)19(25)23-17-9-8-13(21)10-16(17)22/h4-12H,3H2,1-2H3,(H,23,25). The normalized spacial score (nSPS) is 12.0. The van der Waals surface area contributed by atoms with E-state index < -0.39 is 29.6 Å². The number of para-hydroxylation sites is 1. The van der Waals surface area contributed by atoms with Crippen molar-refractivity contribution >= 4 is 28.5 Å². The van der Waals surface area contributed by atoms with Crippen LogP contribution in [0.4, 0.5) is 14.5 Å². The molecule has 27 heavy (non-hydrogen) atoms. The molecule has 1 N–H and O–H groups in total. The molecular weight excluding hydrogens is 354 g/mol. The van der Waals surface area contributed by atoms with E-state index in [9.17, 15) is 18.4 Å². The van der Waals surface area contributed by atoms with Crippen molar-refractivity contribution in [2.75, 3.05) is 5.32 Å². The molecule has 0 aliphatic heterocycles. The molecule has 0 radical (unpaired) electrons. The Morgan fingerprint density at radius 1 is 1.19 bits per heavy atom. The molecule has 0 fully saturated rings. The molecule has 1 aromatic heterocycles. The van der Waals surface area contributed by atoms with Crippen LogP contribution in [0.15, 0.2) is 48.7 Å². The molecule has 1 heterocycles. The smallest absolute Gasteiger partial charge is 0.341 e. The molecule has 0 spiro atoms. The van der Waals surface area contributed by atoms with Crippen LogP contribution in [0.1, 0.15) is 24.2 Å². The fourth-order valence-corrected chi connectivity index (χ4v) is 2.77. The summed E-state index contributed by atoms with van der Waals surface area (Å²) in [5, 5.41) is 3.01. The van der Waals surface area contributed by atoms with Gasteiger partial charge >= 0.3 is 5.97 Å². The van der Waals surface area contributed by atoms with Crippen molar-refractivity contribution in [3.8, 4) is 0 Å². The highest BCUT2D eigenvalue weighted by atomic mass is 19.1. The van der Waals surface area contributed by atoms with Gasteiger partial charge in [-0.25, -0.2) is 13.6 Å². The molecule has 5 nitrogen and oxygen atoms in total. The van der Waals surface area contributed by atoms with Crippen LogP contribution in [0.3, 0.4) is 0 Å². The maximum Gasteiger partial charge on any atom is 0.341 e. The van der Waals surface area contributed by atoms with Crippen molar-refractivity contribution in [1.82, 2.24) is 4.57 Å². The van der Waals surface area contributed by atoms with Gasteiger partial charge in [0.05, 0.1) is 11.3 Å². The van der Waals surface area contributed by atoms with Crippen LogP contribution in [-0.2, 0) is 16.1 Å². The Morgan fingerprint density at radius 3 is 2.63 bits per heavy atom. The largest absolute Gasteiger partial charge is 0.449 e. The van der Waals surface area contributed by atoms with E-state index >= 15 is 0 Å². The predicted molar refractivity (Wildman–Crippen MR) is 97.5 cm³/mol. The number of nitrogens with zero attached hydrogens (tertiary/aromatic N) is 1. The predicted octanol–water partition coefficient (Wildman–Crippen LogP) is 4.12. The van der Waals surface area contributed by atoms with E-state index in [2.05, 4.69) is 5.32 Å². The molecule has 1 amide bonds. The minimum Gasteiger partial charge on any atom is -0.449 e. The average Bonchev–Trinajstić information content (AvgIpc) is 3.03. The zero-order valence-electron chi connectivity index (χ0n) is 14.8. The van der Waals surface area contributed by atoms with E-state index in [4.69, 9.17) is 4.74 Å². The summed E-state index contributed by atoms with van der Waals surface area (Å²) in [5.41, 5.74) is 1.05. The maximum atomic E-state index is 13.7. The minimum absolute atomic E-state index is 0.188. The van der Waals surface area contributed by atoms with Crippen LogP contribution in [0.5, 0.6) is 0 Å². The Kier molecular flexibility index (Phi) is 5.21. The van der Waals surface area contributed by atoms with Crippen LogP contribution in [0, 0.1) is 11.6 Å². The third-order valence-corrected chi connectivity index (χ3v) is 4.19. The number of esters is 1. The van der Waals surface area contributed by atoms with E-state index in [1.165, 1.54) is 6.92 Å². The highest BCUT2D eigenvalue weighted by Crippen LogP contribution is 2.23. The molecule has 0 aliphatic rings. The first kappa shape index (κ1) is 18.6. The quantitative estimate of drug-likeness (QED) is 0.686. The van der Waals surface area contributed by atoms with Gasteiger partial charge in [0.1, 0.15) is 11.6 Å². The number of nitrogens with one attached hydrogen (secondary N) is 1. The van der Waals surface area contributed by atoms with E-state index in [-0.39, 0.29) is 5.69 Å². The SMILES string of the molecule is CCn1cc(C(=O)OC(C)C(=O)Nc2ccc(F)cc2F)c2ccccc21. The monoisotopic (exact) mass is 372 g/mol. The number of anilines is 1. The van der Waals surface area contributed by atoms with Gasteiger partial charge in [-0.2, -0.15) is 0 Å². The van der Waals surface area contributed by atoms with Gasteiger partial charge in [-0.3, -0.25) is 4.79 Å². The average molecular weight is 372 g/mol. The highest BCUT2D eigenvalue weighted by Gasteiger charge is 2.22. The van der Waals surface area contributed by atoms with Crippen molar-refractivity contribution < 1.29 is 23.1 Å². The summed E-state index contributed by atoms with van der Waals surface area (Å²) in [6.07, 6.45) is 0.516. The van der Waals surface area contributed by atoms with Gasteiger partial charge in [-0.1, -0.05) is 18.2 Å². The second-order valence-electron chi connectivity index (χ2n) is 6.01. The van der Waals surface area contributed by atoms with Crippen molar-refractivity contribution in [2.45, 2.75) is 26.5 Å². The minimum atomic E-state index is -1.16. The van der Waals surface area contributed by atoms with Crippen molar-refractivity contribution in [3.05, 3.63) is 65.9 Å². The highest BCUT2D eigenvalue weighted by molar-refractivity contribution is 6.05. The number of carbonyl (C=O) groups excluding carboxylic acids is 2. The third kappa shape index (κ3) is 3.81. The number of halogens is 2. The van der Waals surface area contributed by atoms with Crippen LogP contribution in [0.25, 0.3) is 10.9 Å². The summed E-state index contributed by atoms with van der Waals surface area (Å²) in [6.45, 7) is 4.01. The second kappa shape index (κ2) is 7.57. The molecule has 2 aromatic carbocycles. The number of hydrogen-bond donors (Lipinski definition) is 1. The molecular formula is C20H18F2N2O3. The summed E-state index contributed by atoms with van der Waals surface area (Å²) in [7, 11) is 0. The number of rotatable bonds is 5. The Hall–Kier alpha value is -3.22. The summed E-state index contributed by atoms with van der Waals surface area (Å²) < 4.78 is 33.7. The molecule has 0 aliphatic carbocycles. The first-order valence-corrected chi connectivity index (χ1v) is 8.45. The van der Waals surface area contributed by atoms with Gasteiger partial charge in [-0.05, 0) is 32.0 Å². The third-order valence-electron chi connectivity index (χ3n) is 4.19. The van der Waals surface area contributed by atoms with Crippen LogP contribution in [0.2, 0.25) is 0 Å². The van der Waals surface area contributed by atoms with Gasteiger partial charge in [0.25, 0.3) is 5.91 Å². The molecule has 3 aromatic rings. The van der Waals surface area contributed by atoms with E-state index in [0.29, 0.717) is 18.2 Å². The second-order valence-corrected chi connectivity index (χ2v) is 6.01. The van der Waals surface area contributed by atoms with Gasteiger partial charge < -0.3 is 14.6 Å². The number of hydrogen-bond acceptors (Lipinski definition) is 3. The van der Waals surface area contributed by atoms with Gasteiger partial charge in [0, 0.05) is 29.7 Å². The number of ether oxygens (including phenoxy) is 1. The first-order chi connectivity index (χ1) is 12.9. The van der Waals surface area contributed by atoms with Crippen LogP contribution < -0.4 is 5.32 Å². The number of carbonyl (C=O) groups is 2. The Morgan fingerprint density at radius 2 is 1.93 bits per heavy atom. The number of benzene rings is 2. The zero-order valence-corrected chi connectivity index (χ0v) is 14.8. The number of aryl methyl sites for hydroxylation is 1. The lowest BCUT2D eigenvalue weighted by atomic mass is 10.2. The zero-order chi connectivity index (χ0) is 19.6. The molecule has 0 saturated heterocycles. The lowest BCUT2D eigenvalue weighted by Gasteiger charge is -2.13. The number of aromatic nitrogens is 1. The molecule has 1 atom stereocenters. The lowest BCUT2D eigenvalue weighted by molar-refractivity contribution is -0.123. The fraction of sp³-hybridized carbons (Fsp3) is 0.200. The van der Waals surface area contributed by atoms with E-state index in [1.54, 1.807) is 12.3 Å². The van der Waals surface area contributed by atoms with Crippen LogP contribution in [-0.4, -0.2) is 22.5 Å². The van der Waals surface area contributed by atoms with E-state index in [0.717, 1.165) is 23.0 Å². The molecule has 140 valence electrons. The molecule has 0 saturated carbocycles. The van der Waals surface area contributed by atoms with Crippen LogP contribution >= 0.6 is 0 Å². The van der Waals surface area contributed by atoms with Crippen molar-refractivity contribution in [3.63, 3.8) is 0 Å².